The molecule has 0 fully saturated rings. The van der Waals surface area contributed by atoms with Gasteiger partial charge >= 0.3 is 6.09 Å². The minimum absolute atomic E-state index is 0.322. The first-order valence-electron chi connectivity index (χ1n) is 12.4. The Morgan fingerprint density at radius 3 is 2.59 bits per heavy atom. The lowest BCUT2D eigenvalue weighted by Gasteiger charge is -2.28. The molecule has 1 heterocycles. The van der Waals surface area contributed by atoms with Crippen molar-refractivity contribution in [1.29, 1.82) is 0 Å². The Hall–Kier alpha value is -4.06. The maximum Gasteiger partial charge on any atom is 0.410 e. The van der Waals surface area contributed by atoms with Crippen molar-refractivity contribution in [3.63, 3.8) is 0 Å². The molecule has 2 aromatic rings. The van der Waals surface area contributed by atoms with Gasteiger partial charge < -0.3 is 20.7 Å². The van der Waals surface area contributed by atoms with Crippen LogP contribution in [0.1, 0.15) is 52.5 Å². The van der Waals surface area contributed by atoms with Gasteiger partial charge in [-0.2, -0.15) is 4.98 Å². The summed E-state index contributed by atoms with van der Waals surface area (Å²) in [5.41, 5.74) is 0.963. The van der Waals surface area contributed by atoms with Crippen molar-refractivity contribution in [2.24, 2.45) is 0 Å². The highest BCUT2D eigenvalue weighted by Crippen LogP contribution is 2.17. The second-order valence-corrected chi connectivity index (χ2v) is 9.34. The Kier molecular flexibility index (Phi) is 11.4. The van der Waals surface area contributed by atoms with Crippen LogP contribution in [0.25, 0.3) is 0 Å². The molecule has 198 valence electrons. The van der Waals surface area contributed by atoms with Crippen molar-refractivity contribution in [1.82, 2.24) is 20.2 Å². The monoisotopic (exact) mass is 506 g/mol. The molecule has 37 heavy (non-hydrogen) atoms. The van der Waals surface area contributed by atoms with E-state index in [1.54, 1.807) is 27.0 Å². The molecule has 0 unspecified atom stereocenters. The molecule has 0 spiro atoms. The fourth-order valence-corrected chi connectivity index (χ4v) is 3.10. The number of unbranched alkanes of at least 4 members (excludes halogenated alkanes) is 1. The van der Waals surface area contributed by atoms with Crippen molar-refractivity contribution in [3.8, 4) is 11.8 Å². The fourth-order valence-electron chi connectivity index (χ4n) is 3.10. The predicted octanol–water partition coefficient (Wildman–Crippen LogP) is 4.71. The number of hydrogen-bond donors (Lipinski definition) is 3. The number of rotatable bonds is 11. The summed E-state index contributed by atoms with van der Waals surface area (Å²) in [6.45, 7) is 12.3. The maximum absolute atomic E-state index is 12.5. The smallest absolute Gasteiger partial charge is 0.410 e. The number of likely N-dealkylation sites (N-methyl/N-ethyl adjacent to an activating group) is 1. The number of benzene rings is 1. The van der Waals surface area contributed by atoms with Crippen molar-refractivity contribution < 1.29 is 14.3 Å². The summed E-state index contributed by atoms with van der Waals surface area (Å²) >= 11 is 0. The van der Waals surface area contributed by atoms with Gasteiger partial charge in [0.05, 0.1) is 11.8 Å². The standard InChI is InChI=1S/C28H38N6O3/c1-7-18-29-24-21(20-31-26(33-24)32-22-16-12-9-13-17-22)15-11-10-14-19-30-25(35)23(8-2)34(6)27(36)37-28(3,4)5/h8-9,12-13,16-17,20,23H,2,7,10,14,18-19H2,1,3-6H3,(H,30,35)(H2,29,31,32,33)/t23-/m0/s1. The van der Waals surface area contributed by atoms with Crippen LogP contribution < -0.4 is 16.0 Å². The molecule has 0 aliphatic heterocycles. The lowest BCUT2D eigenvalue weighted by Crippen LogP contribution is -2.48. The van der Waals surface area contributed by atoms with Crippen LogP contribution in [0.3, 0.4) is 0 Å². The number of nitrogens with zero attached hydrogens (tertiary/aromatic N) is 3. The topological polar surface area (TPSA) is 108 Å². The number of carbonyl (C=O) groups excluding carboxylic acids is 2. The molecule has 0 saturated heterocycles. The molecule has 0 saturated carbocycles. The number of amides is 2. The first-order valence-corrected chi connectivity index (χ1v) is 12.4. The second kappa shape index (κ2) is 14.5. The molecule has 9 heteroatoms. The number of hydrogen-bond acceptors (Lipinski definition) is 7. The summed E-state index contributed by atoms with van der Waals surface area (Å²) in [5, 5.41) is 9.33. The Labute approximate surface area is 220 Å². The zero-order valence-electron chi connectivity index (χ0n) is 22.4. The number of para-hydroxylation sites is 1. The molecule has 0 aliphatic carbocycles. The van der Waals surface area contributed by atoms with Gasteiger partial charge in [-0.05, 0) is 45.7 Å². The summed E-state index contributed by atoms with van der Waals surface area (Å²) in [4.78, 5) is 35.0. The average molecular weight is 507 g/mol. The van der Waals surface area contributed by atoms with Gasteiger partial charge in [0.2, 0.25) is 11.9 Å². The fraction of sp³-hybridized carbons (Fsp3) is 0.429. The van der Waals surface area contributed by atoms with E-state index in [9.17, 15) is 9.59 Å². The van der Waals surface area contributed by atoms with E-state index in [1.807, 2.05) is 30.3 Å². The third-order valence-corrected chi connectivity index (χ3v) is 4.95. The van der Waals surface area contributed by atoms with E-state index in [-0.39, 0.29) is 5.91 Å². The largest absolute Gasteiger partial charge is 0.444 e. The van der Waals surface area contributed by atoms with Gasteiger partial charge in [-0.3, -0.25) is 9.69 Å². The maximum atomic E-state index is 12.5. The minimum Gasteiger partial charge on any atom is -0.444 e. The SMILES string of the molecule is C=C[C@@H](C(=O)NCCCC#Cc1cnc(Nc2ccccc2)nc1NCCC)N(C)C(=O)OC(C)(C)C. The van der Waals surface area contributed by atoms with Crippen LogP contribution in [0, 0.1) is 11.8 Å². The van der Waals surface area contributed by atoms with E-state index < -0.39 is 17.7 Å². The van der Waals surface area contributed by atoms with Crippen LogP contribution in [-0.4, -0.2) is 58.6 Å². The number of carbonyl (C=O) groups is 2. The van der Waals surface area contributed by atoms with E-state index in [1.165, 1.54) is 18.0 Å². The molecule has 0 aliphatic rings. The molecular formula is C28H38N6O3. The molecular weight excluding hydrogens is 468 g/mol. The third kappa shape index (κ3) is 10.2. The summed E-state index contributed by atoms with van der Waals surface area (Å²) in [6, 6.07) is 8.90. The molecule has 1 aromatic carbocycles. The molecule has 0 radical (unpaired) electrons. The molecule has 9 nitrogen and oxygen atoms in total. The second-order valence-electron chi connectivity index (χ2n) is 9.34. The van der Waals surface area contributed by atoms with Crippen LogP contribution >= 0.6 is 0 Å². The Bertz CT molecular complexity index is 1100. The number of aromatic nitrogens is 2. The zero-order chi connectivity index (χ0) is 27.3. The van der Waals surface area contributed by atoms with E-state index in [2.05, 4.69) is 51.3 Å². The van der Waals surface area contributed by atoms with Crippen molar-refractivity contribution in [2.45, 2.75) is 58.6 Å². The Balaban J connectivity index is 1.90. The summed E-state index contributed by atoms with van der Waals surface area (Å²) in [5.74, 6) is 7.10. The molecule has 1 atom stereocenters. The highest BCUT2D eigenvalue weighted by atomic mass is 16.6. The van der Waals surface area contributed by atoms with Crippen LogP contribution in [0.4, 0.5) is 22.2 Å². The lowest BCUT2D eigenvalue weighted by atomic mass is 10.2. The first-order chi connectivity index (χ1) is 17.6. The lowest BCUT2D eigenvalue weighted by molar-refractivity contribution is -0.124. The minimum atomic E-state index is -0.826. The van der Waals surface area contributed by atoms with Crippen molar-refractivity contribution in [3.05, 3.63) is 54.7 Å². The van der Waals surface area contributed by atoms with Gasteiger partial charge in [-0.15, -0.1) is 6.58 Å². The first kappa shape index (κ1) is 29.2. The van der Waals surface area contributed by atoms with Crippen molar-refractivity contribution >= 4 is 29.5 Å². The van der Waals surface area contributed by atoms with E-state index in [0.29, 0.717) is 36.7 Å². The predicted molar refractivity (Wildman–Crippen MR) is 148 cm³/mol. The zero-order valence-corrected chi connectivity index (χ0v) is 22.4. The van der Waals surface area contributed by atoms with Gasteiger partial charge in [0, 0.05) is 32.2 Å². The molecule has 3 N–H and O–H groups in total. The van der Waals surface area contributed by atoms with E-state index >= 15 is 0 Å². The van der Waals surface area contributed by atoms with Gasteiger partial charge in [0.1, 0.15) is 17.5 Å². The quantitative estimate of drug-likeness (QED) is 0.230. The molecule has 0 bridgehead atoms. The molecule has 1 aromatic heterocycles. The van der Waals surface area contributed by atoms with Crippen molar-refractivity contribution in [2.75, 3.05) is 30.8 Å². The summed E-state index contributed by atoms with van der Waals surface area (Å²) in [7, 11) is 1.51. The van der Waals surface area contributed by atoms with E-state index in [0.717, 1.165) is 18.7 Å². The van der Waals surface area contributed by atoms with E-state index in [4.69, 9.17) is 4.74 Å². The van der Waals surface area contributed by atoms with Gasteiger partial charge in [0.25, 0.3) is 0 Å². The summed E-state index contributed by atoms with van der Waals surface area (Å²) in [6.07, 6.45) is 4.70. The number of ether oxygens (including phenoxy) is 1. The normalized spacial score (nSPS) is 11.4. The molecule has 2 amide bonds. The third-order valence-electron chi connectivity index (χ3n) is 4.95. The van der Waals surface area contributed by atoms with Gasteiger partial charge in [-0.1, -0.05) is 43.0 Å². The van der Waals surface area contributed by atoms with Gasteiger partial charge in [0.15, 0.2) is 0 Å². The van der Waals surface area contributed by atoms with Crippen LogP contribution in [0.2, 0.25) is 0 Å². The Morgan fingerprint density at radius 1 is 1.22 bits per heavy atom. The van der Waals surface area contributed by atoms with Crippen LogP contribution in [0.15, 0.2) is 49.2 Å². The average Bonchev–Trinajstić information content (AvgIpc) is 2.85. The van der Waals surface area contributed by atoms with Crippen LogP contribution in [-0.2, 0) is 9.53 Å². The number of anilines is 3. The van der Waals surface area contributed by atoms with Crippen LogP contribution in [0.5, 0.6) is 0 Å². The highest BCUT2D eigenvalue weighted by Gasteiger charge is 2.27. The number of nitrogens with one attached hydrogen (secondary N) is 3. The molecule has 2 rings (SSSR count). The Morgan fingerprint density at radius 2 is 1.95 bits per heavy atom. The van der Waals surface area contributed by atoms with Gasteiger partial charge in [-0.25, -0.2) is 9.78 Å². The highest BCUT2D eigenvalue weighted by molar-refractivity contribution is 5.87. The summed E-state index contributed by atoms with van der Waals surface area (Å²) < 4.78 is 5.32.